The molecule has 1 fully saturated rings. The van der Waals surface area contributed by atoms with Crippen LogP contribution in [0.3, 0.4) is 0 Å². The summed E-state index contributed by atoms with van der Waals surface area (Å²) in [6.07, 6.45) is 0.913. The fourth-order valence-corrected chi connectivity index (χ4v) is 2.78. The van der Waals surface area contributed by atoms with Gasteiger partial charge in [-0.1, -0.05) is 48.5 Å². The largest absolute Gasteiger partial charge is 0.469 e. The highest BCUT2D eigenvalue weighted by Gasteiger charge is 2.44. The van der Waals surface area contributed by atoms with Gasteiger partial charge in [-0.2, -0.15) is 0 Å². The third kappa shape index (κ3) is 2.34. The summed E-state index contributed by atoms with van der Waals surface area (Å²) in [6, 6.07) is 16.9. The molecule has 0 bridgehead atoms. The SMILES string of the molecule is COC(=O)C1CC1c1ccc(-c2ccccc2C)cc1. The van der Waals surface area contributed by atoms with E-state index in [9.17, 15) is 4.79 Å². The third-order valence-corrected chi connectivity index (χ3v) is 4.09. The van der Waals surface area contributed by atoms with Gasteiger partial charge in [0, 0.05) is 0 Å². The molecule has 0 radical (unpaired) electrons. The number of benzene rings is 2. The van der Waals surface area contributed by atoms with Gasteiger partial charge in [-0.3, -0.25) is 4.79 Å². The normalized spacial score (nSPS) is 20.5. The predicted octanol–water partition coefficient (Wildman–Crippen LogP) is 3.94. The minimum Gasteiger partial charge on any atom is -0.469 e. The molecule has 2 nitrogen and oxygen atoms in total. The Morgan fingerprint density at radius 2 is 1.80 bits per heavy atom. The van der Waals surface area contributed by atoms with Gasteiger partial charge in [0.2, 0.25) is 0 Å². The molecule has 0 aliphatic heterocycles. The molecule has 1 aliphatic carbocycles. The summed E-state index contributed by atoms with van der Waals surface area (Å²) in [4.78, 5) is 11.5. The van der Waals surface area contributed by atoms with E-state index in [0.717, 1.165) is 6.42 Å². The zero-order valence-electron chi connectivity index (χ0n) is 11.8. The average Bonchev–Trinajstić information content (AvgIpc) is 3.28. The van der Waals surface area contributed by atoms with Gasteiger partial charge in [-0.15, -0.1) is 0 Å². The number of carbonyl (C=O) groups excluding carboxylic acids is 1. The Morgan fingerprint density at radius 3 is 2.45 bits per heavy atom. The van der Waals surface area contributed by atoms with Crippen molar-refractivity contribution in [1.29, 1.82) is 0 Å². The van der Waals surface area contributed by atoms with Crippen LogP contribution in [0.15, 0.2) is 48.5 Å². The van der Waals surface area contributed by atoms with E-state index in [1.54, 1.807) is 0 Å². The summed E-state index contributed by atoms with van der Waals surface area (Å²) in [5.41, 5.74) is 5.00. The number of rotatable bonds is 3. The molecular formula is C18H18O2. The van der Waals surface area contributed by atoms with Crippen LogP contribution < -0.4 is 0 Å². The highest BCUT2D eigenvalue weighted by molar-refractivity contribution is 5.77. The van der Waals surface area contributed by atoms with Gasteiger partial charge in [-0.05, 0) is 41.5 Å². The number of aryl methyl sites for hydroxylation is 1. The lowest BCUT2D eigenvalue weighted by molar-refractivity contribution is -0.142. The lowest BCUT2D eigenvalue weighted by atomic mass is 9.98. The van der Waals surface area contributed by atoms with Gasteiger partial charge in [0.1, 0.15) is 0 Å². The minimum atomic E-state index is -0.0852. The van der Waals surface area contributed by atoms with E-state index in [2.05, 4.69) is 55.5 Å². The van der Waals surface area contributed by atoms with Crippen molar-refractivity contribution in [1.82, 2.24) is 0 Å². The zero-order chi connectivity index (χ0) is 14.1. The molecule has 0 spiro atoms. The zero-order valence-corrected chi connectivity index (χ0v) is 11.8. The van der Waals surface area contributed by atoms with Crippen molar-refractivity contribution in [3.8, 4) is 11.1 Å². The topological polar surface area (TPSA) is 26.3 Å². The maximum atomic E-state index is 11.5. The van der Waals surface area contributed by atoms with Crippen LogP contribution in [0.25, 0.3) is 11.1 Å². The Balaban J connectivity index is 1.80. The van der Waals surface area contributed by atoms with E-state index >= 15 is 0 Å². The first kappa shape index (κ1) is 12.9. The lowest BCUT2D eigenvalue weighted by Crippen LogP contribution is -2.03. The van der Waals surface area contributed by atoms with Crippen LogP contribution in [0.2, 0.25) is 0 Å². The number of methoxy groups -OCH3 is 1. The molecule has 0 heterocycles. The molecule has 0 N–H and O–H groups in total. The molecule has 2 unspecified atom stereocenters. The van der Waals surface area contributed by atoms with Crippen molar-refractivity contribution < 1.29 is 9.53 Å². The minimum absolute atomic E-state index is 0.0595. The molecule has 0 saturated heterocycles. The molecule has 2 atom stereocenters. The number of esters is 1. The standard InChI is InChI=1S/C18H18O2/c1-12-5-3-4-6-15(12)13-7-9-14(10-8-13)16-11-17(16)18(19)20-2/h3-10,16-17H,11H2,1-2H3. The van der Waals surface area contributed by atoms with E-state index in [-0.39, 0.29) is 11.9 Å². The molecule has 3 rings (SSSR count). The number of hydrogen-bond acceptors (Lipinski definition) is 2. The van der Waals surface area contributed by atoms with Crippen LogP contribution in [-0.2, 0) is 9.53 Å². The van der Waals surface area contributed by atoms with Crippen molar-refractivity contribution in [3.63, 3.8) is 0 Å². The molecule has 0 aromatic heterocycles. The maximum Gasteiger partial charge on any atom is 0.309 e. The second-order valence-corrected chi connectivity index (χ2v) is 5.41. The van der Waals surface area contributed by atoms with Crippen molar-refractivity contribution >= 4 is 5.97 Å². The summed E-state index contributed by atoms with van der Waals surface area (Å²) in [7, 11) is 1.46. The van der Waals surface area contributed by atoms with Crippen molar-refractivity contribution in [2.75, 3.05) is 7.11 Å². The lowest BCUT2D eigenvalue weighted by Gasteiger charge is -2.07. The molecule has 1 saturated carbocycles. The molecule has 1 aliphatic rings. The summed E-state index contributed by atoms with van der Waals surface area (Å²) >= 11 is 0. The summed E-state index contributed by atoms with van der Waals surface area (Å²) in [6.45, 7) is 2.12. The number of hydrogen-bond donors (Lipinski definition) is 0. The molecule has 2 heteroatoms. The van der Waals surface area contributed by atoms with E-state index in [1.165, 1.54) is 29.4 Å². The molecule has 102 valence electrons. The smallest absolute Gasteiger partial charge is 0.309 e. The average molecular weight is 266 g/mol. The Bertz CT molecular complexity index is 628. The Morgan fingerprint density at radius 1 is 1.10 bits per heavy atom. The van der Waals surface area contributed by atoms with E-state index in [4.69, 9.17) is 4.74 Å². The summed E-state index contributed by atoms with van der Waals surface area (Å²) < 4.78 is 4.80. The van der Waals surface area contributed by atoms with Gasteiger partial charge >= 0.3 is 5.97 Å². The first-order valence-corrected chi connectivity index (χ1v) is 6.94. The van der Waals surface area contributed by atoms with E-state index in [0.29, 0.717) is 5.92 Å². The second-order valence-electron chi connectivity index (χ2n) is 5.41. The van der Waals surface area contributed by atoms with Crippen LogP contribution in [0.4, 0.5) is 0 Å². The summed E-state index contributed by atoms with van der Waals surface area (Å²) in [5.74, 6) is 0.315. The third-order valence-electron chi connectivity index (χ3n) is 4.09. The van der Waals surface area contributed by atoms with Gasteiger partial charge in [0.05, 0.1) is 13.0 Å². The van der Waals surface area contributed by atoms with E-state index < -0.39 is 0 Å². The van der Waals surface area contributed by atoms with Gasteiger partial charge in [0.25, 0.3) is 0 Å². The van der Waals surface area contributed by atoms with Crippen molar-refractivity contribution in [2.45, 2.75) is 19.3 Å². The Kier molecular flexibility index (Phi) is 3.31. The monoisotopic (exact) mass is 266 g/mol. The number of ether oxygens (including phenoxy) is 1. The van der Waals surface area contributed by atoms with Crippen molar-refractivity contribution in [3.05, 3.63) is 59.7 Å². The molecule has 2 aromatic rings. The maximum absolute atomic E-state index is 11.5. The Hall–Kier alpha value is -2.09. The van der Waals surface area contributed by atoms with Crippen LogP contribution in [-0.4, -0.2) is 13.1 Å². The van der Waals surface area contributed by atoms with E-state index in [1.807, 2.05) is 0 Å². The molecule has 0 amide bonds. The number of carbonyl (C=O) groups is 1. The quantitative estimate of drug-likeness (QED) is 0.787. The van der Waals surface area contributed by atoms with Crippen LogP contribution in [0, 0.1) is 12.8 Å². The fraction of sp³-hybridized carbons (Fsp3) is 0.278. The first-order chi connectivity index (χ1) is 9.70. The van der Waals surface area contributed by atoms with Crippen LogP contribution >= 0.6 is 0 Å². The second kappa shape index (κ2) is 5.12. The van der Waals surface area contributed by atoms with Crippen LogP contribution in [0.1, 0.15) is 23.5 Å². The predicted molar refractivity (Wildman–Crippen MR) is 79.5 cm³/mol. The van der Waals surface area contributed by atoms with Gasteiger partial charge in [-0.25, -0.2) is 0 Å². The Labute approximate surface area is 119 Å². The van der Waals surface area contributed by atoms with Gasteiger partial charge < -0.3 is 4.74 Å². The highest BCUT2D eigenvalue weighted by Crippen LogP contribution is 2.48. The van der Waals surface area contributed by atoms with Crippen molar-refractivity contribution in [2.24, 2.45) is 5.92 Å². The molecule has 2 aromatic carbocycles. The fourth-order valence-electron chi connectivity index (χ4n) is 2.78. The molecular weight excluding hydrogens is 248 g/mol. The molecule has 20 heavy (non-hydrogen) atoms. The highest BCUT2D eigenvalue weighted by atomic mass is 16.5. The van der Waals surface area contributed by atoms with Crippen LogP contribution in [0.5, 0.6) is 0 Å². The van der Waals surface area contributed by atoms with Gasteiger partial charge in [0.15, 0.2) is 0 Å². The first-order valence-electron chi connectivity index (χ1n) is 6.94. The summed E-state index contributed by atoms with van der Waals surface area (Å²) in [5, 5.41) is 0.